The summed E-state index contributed by atoms with van der Waals surface area (Å²) in [7, 11) is 0. The number of pyridine rings is 1. The van der Waals surface area contributed by atoms with Crippen LogP contribution < -0.4 is 4.90 Å². The molecular weight excluding hydrogens is 410 g/mol. The highest BCUT2D eigenvalue weighted by atomic mass is 35.5. The van der Waals surface area contributed by atoms with Crippen molar-refractivity contribution in [1.29, 1.82) is 5.26 Å². The quantitative estimate of drug-likeness (QED) is 0.448. The highest BCUT2D eigenvalue weighted by molar-refractivity contribution is 6.30. The van der Waals surface area contributed by atoms with E-state index in [-0.39, 0.29) is 11.3 Å². The summed E-state index contributed by atoms with van der Waals surface area (Å²) in [6.07, 6.45) is 1.18. The van der Waals surface area contributed by atoms with E-state index in [9.17, 15) is 15.4 Å². The molecule has 0 bridgehead atoms. The van der Waals surface area contributed by atoms with E-state index in [0.717, 1.165) is 5.56 Å². The lowest BCUT2D eigenvalue weighted by molar-refractivity contribution is -0.385. The van der Waals surface area contributed by atoms with Crippen LogP contribution >= 0.6 is 11.6 Å². The van der Waals surface area contributed by atoms with Gasteiger partial charge in [-0.1, -0.05) is 16.8 Å². The molecule has 0 unspecified atom stereocenters. The van der Waals surface area contributed by atoms with Gasteiger partial charge in [-0.25, -0.2) is 4.98 Å². The summed E-state index contributed by atoms with van der Waals surface area (Å²) < 4.78 is 5.37. The fourth-order valence-corrected chi connectivity index (χ4v) is 3.35. The van der Waals surface area contributed by atoms with Gasteiger partial charge in [-0.3, -0.25) is 15.0 Å². The SMILES string of the molecule is N#Cc1cc([N+](=O)[O-])cnc1N1CCN(Cc2nc(-c3ccc(Cl)cc3)no2)CC1. The van der Waals surface area contributed by atoms with E-state index in [1.165, 1.54) is 12.3 Å². The second-order valence-electron chi connectivity index (χ2n) is 6.72. The van der Waals surface area contributed by atoms with E-state index in [4.69, 9.17) is 16.1 Å². The van der Waals surface area contributed by atoms with Crippen molar-refractivity contribution in [2.75, 3.05) is 31.1 Å². The van der Waals surface area contributed by atoms with Gasteiger partial charge in [0.25, 0.3) is 5.69 Å². The van der Waals surface area contributed by atoms with Gasteiger partial charge < -0.3 is 9.42 Å². The molecule has 3 aromatic rings. The van der Waals surface area contributed by atoms with Crippen LogP contribution in [0.15, 0.2) is 41.1 Å². The van der Waals surface area contributed by atoms with E-state index in [2.05, 4.69) is 20.0 Å². The van der Waals surface area contributed by atoms with Crippen molar-refractivity contribution in [3.8, 4) is 17.5 Å². The largest absolute Gasteiger partial charge is 0.353 e. The number of nitrogens with zero attached hydrogens (tertiary/aromatic N) is 7. The third-order valence-corrected chi connectivity index (χ3v) is 5.04. The number of halogens is 1. The van der Waals surface area contributed by atoms with Crippen LogP contribution in [-0.2, 0) is 6.54 Å². The highest BCUT2D eigenvalue weighted by Gasteiger charge is 2.23. The smallest absolute Gasteiger partial charge is 0.289 e. The lowest BCUT2D eigenvalue weighted by atomic mass is 10.2. The summed E-state index contributed by atoms with van der Waals surface area (Å²) in [5, 5.41) is 24.9. The molecule has 3 heterocycles. The van der Waals surface area contributed by atoms with Crippen molar-refractivity contribution in [1.82, 2.24) is 20.0 Å². The van der Waals surface area contributed by atoms with Crippen LogP contribution in [0, 0.1) is 21.4 Å². The summed E-state index contributed by atoms with van der Waals surface area (Å²) in [4.78, 5) is 23.0. The Hall–Kier alpha value is -3.55. The van der Waals surface area contributed by atoms with Gasteiger partial charge in [0.15, 0.2) is 0 Å². The maximum absolute atomic E-state index is 10.9. The maximum atomic E-state index is 10.9. The number of hydrogen-bond acceptors (Lipinski definition) is 9. The minimum atomic E-state index is -0.557. The minimum Gasteiger partial charge on any atom is -0.353 e. The van der Waals surface area contributed by atoms with Crippen molar-refractivity contribution in [2.24, 2.45) is 0 Å². The number of rotatable bonds is 5. The molecule has 2 aromatic heterocycles. The third-order valence-electron chi connectivity index (χ3n) is 4.78. The van der Waals surface area contributed by atoms with Gasteiger partial charge in [0.1, 0.15) is 23.6 Å². The zero-order valence-corrected chi connectivity index (χ0v) is 16.5. The molecule has 10 nitrogen and oxygen atoms in total. The first-order chi connectivity index (χ1) is 14.5. The van der Waals surface area contributed by atoms with Gasteiger partial charge in [-0.05, 0) is 24.3 Å². The molecule has 11 heteroatoms. The number of anilines is 1. The molecule has 1 saturated heterocycles. The predicted molar refractivity (Wildman–Crippen MR) is 108 cm³/mol. The Labute approximate surface area is 176 Å². The number of nitriles is 1. The van der Waals surface area contributed by atoms with Crippen LogP contribution in [0.2, 0.25) is 5.02 Å². The van der Waals surface area contributed by atoms with E-state index >= 15 is 0 Å². The molecule has 1 aromatic carbocycles. The lowest BCUT2D eigenvalue weighted by Gasteiger charge is -2.34. The average Bonchev–Trinajstić information content (AvgIpc) is 3.22. The standard InChI is InChI=1S/C19H16ClN7O3/c20-15-3-1-13(2-4-15)18-23-17(30-24-18)12-25-5-7-26(8-6-25)19-14(10-21)9-16(11-22-19)27(28)29/h1-4,9,11H,5-8,12H2. The molecule has 0 amide bonds. The van der Waals surface area contributed by atoms with Crippen LogP contribution in [0.25, 0.3) is 11.4 Å². The highest BCUT2D eigenvalue weighted by Crippen LogP contribution is 2.24. The third kappa shape index (κ3) is 4.22. The molecule has 0 aliphatic carbocycles. The second kappa shape index (κ2) is 8.44. The Morgan fingerprint density at radius 3 is 2.63 bits per heavy atom. The van der Waals surface area contributed by atoms with E-state index in [1.807, 2.05) is 23.1 Å². The van der Waals surface area contributed by atoms with Crippen LogP contribution in [0.1, 0.15) is 11.5 Å². The first-order valence-corrected chi connectivity index (χ1v) is 9.51. The molecule has 152 valence electrons. The van der Waals surface area contributed by atoms with Crippen molar-refractivity contribution < 1.29 is 9.45 Å². The Morgan fingerprint density at radius 2 is 1.97 bits per heavy atom. The Balaban J connectivity index is 1.38. The summed E-state index contributed by atoms with van der Waals surface area (Å²) >= 11 is 5.90. The van der Waals surface area contributed by atoms with Crippen molar-refractivity contribution >= 4 is 23.1 Å². The molecule has 1 fully saturated rings. The van der Waals surface area contributed by atoms with Crippen LogP contribution in [-0.4, -0.2) is 51.1 Å². The van der Waals surface area contributed by atoms with E-state index in [1.54, 1.807) is 12.1 Å². The van der Waals surface area contributed by atoms with Gasteiger partial charge in [0, 0.05) is 42.8 Å². The molecule has 4 rings (SSSR count). The fourth-order valence-electron chi connectivity index (χ4n) is 3.23. The molecular formula is C19H16ClN7O3. The van der Waals surface area contributed by atoms with Crippen molar-refractivity contribution in [2.45, 2.75) is 6.54 Å². The summed E-state index contributed by atoms with van der Waals surface area (Å²) in [6.45, 7) is 3.15. The minimum absolute atomic E-state index is 0.193. The normalized spacial score (nSPS) is 14.5. The molecule has 0 N–H and O–H groups in total. The van der Waals surface area contributed by atoms with Gasteiger partial charge in [0.05, 0.1) is 11.5 Å². The summed E-state index contributed by atoms with van der Waals surface area (Å²) in [5.41, 5.74) is 0.830. The Kier molecular flexibility index (Phi) is 5.56. The molecule has 0 atom stereocenters. The molecule has 0 spiro atoms. The van der Waals surface area contributed by atoms with Gasteiger partial charge in [-0.15, -0.1) is 0 Å². The van der Waals surface area contributed by atoms with Crippen LogP contribution in [0.4, 0.5) is 11.5 Å². The number of aromatic nitrogens is 3. The van der Waals surface area contributed by atoms with Crippen LogP contribution in [0.3, 0.4) is 0 Å². The molecule has 1 aliphatic rings. The fraction of sp³-hybridized carbons (Fsp3) is 0.263. The second-order valence-corrected chi connectivity index (χ2v) is 7.15. The number of piperazine rings is 1. The maximum Gasteiger partial charge on any atom is 0.289 e. The van der Waals surface area contributed by atoms with E-state index in [0.29, 0.717) is 55.3 Å². The van der Waals surface area contributed by atoms with Crippen LogP contribution in [0.5, 0.6) is 0 Å². The Bertz CT molecular complexity index is 1100. The predicted octanol–water partition coefficient (Wildman–Crippen LogP) is 2.89. The molecule has 30 heavy (non-hydrogen) atoms. The molecule has 0 radical (unpaired) electrons. The van der Waals surface area contributed by atoms with Gasteiger partial charge >= 0.3 is 0 Å². The average molecular weight is 426 g/mol. The Morgan fingerprint density at radius 1 is 1.23 bits per heavy atom. The number of benzene rings is 1. The first-order valence-electron chi connectivity index (χ1n) is 9.14. The topological polar surface area (TPSA) is 125 Å². The monoisotopic (exact) mass is 425 g/mol. The zero-order valence-electron chi connectivity index (χ0n) is 15.7. The molecule has 0 saturated carbocycles. The zero-order chi connectivity index (χ0) is 21.1. The molecule has 1 aliphatic heterocycles. The number of hydrogen-bond donors (Lipinski definition) is 0. The van der Waals surface area contributed by atoms with Crippen molar-refractivity contribution in [3.05, 3.63) is 63.1 Å². The number of nitro groups is 1. The van der Waals surface area contributed by atoms with E-state index < -0.39 is 4.92 Å². The first kappa shape index (κ1) is 19.8. The van der Waals surface area contributed by atoms with Gasteiger partial charge in [0.2, 0.25) is 11.7 Å². The lowest BCUT2D eigenvalue weighted by Crippen LogP contribution is -2.46. The van der Waals surface area contributed by atoms with Gasteiger partial charge in [-0.2, -0.15) is 10.2 Å². The van der Waals surface area contributed by atoms with Crippen molar-refractivity contribution in [3.63, 3.8) is 0 Å². The summed E-state index contributed by atoms with van der Waals surface area (Å²) in [5.74, 6) is 1.49. The summed E-state index contributed by atoms with van der Waals surface area (Å²) in [6, 6.07) is 10.5.